The molecule has 3 heterocycles. The summed E-state index contributed by atoms with van der Waals surface area (Å²) in [7, 11) is 0. The van der Waals surface area contributed by atoms with Crippen molar-refractivity contribution in [3.63, 3.8) is 0 Å². The molecule has 2 aliphatic heterocycles. The number of fused-ring (bicyclic) bond motifs is 1. The van der Waals surface area contributed by atoms with E-state index < -0.39 is 6.04 Å². The SMILES string of the molecule is CCC[C@@H]1NC(=O)[C@@H]2C[C@H](NCc3cnn(-c4ccccc4F)c3)CN2C1=O. The number of rotatable bonds is 6. The van der Waals surface area contributed by atoms with Crippen molar-refractivity contribution in [2.45, 2.75) is 50.9 Å². The predicted molar refractivity (Wildman–Crippen MR) is 101 cm³/mol. The number of hydrogen-bond donors (Lipinski definition) is 2. The van der Waals surface area contributed by atoms with Gasteiger partial charge in [0.15, 0.2) is 0 Å². The third kappa shape index (κ3) is 3.52. The summed E-state index contributed by atoms with van der Waals surface area (Å²) in [6, 6.07) is 5.73. The first-order valence-electron chi connectivity index (χ1n) is 9.69. The van der Waals surface area contributed by atoms with Crippen molar-refractivity contribution in [3.8, 4) is 5.69 Å². The van der Waals surface area contributed by atoms with Crippen LogP contribution in [0.3, 0.4) is 0 Å². The summed E-state index contributed by atoms with van der Waals surface area (Å²) in [5, 5.41) is 10.5. The van der Waals surface area contributed by atoms with Crippen molar-refractivity contribution in [1.82, 2.24) is 25.3 Å². The minimum Gasteiger partial charge on any atom is -0.343 e. The van der Waals surface area contributed by atoms with E-state index in [0.29, 0.717) is 31.6 Å². The largest absolute Gasteiger partial charge is 0.343 e. The van der Waals surface area contributed by atoms with Crippen LogP contribution in [0.1, 0.15) is 31.7 Å². The van der Waals surface area contributed by atoms with Crippen LogP contribution in [0.25, 0.3) is 5.69 Å². The second-order valence-electron chi connectivity index (χ2n) is 7.41. The fourth-order valence-electron chi connectivity index (χ4n) is 3.97. The van der Waals surface area contributed by atoms with Crippen LogP contribution in [0.4, 0.5) is 4.39 Å². The molecule has 7 nitrogen and oxygen atoms in total. The van der Waals surface area contributed by atoms with Crippen LogP contribution in [0.15, 0.2) is 36.7 Å². The number of carbonyl (C=O) groups excluding carboxylic acids is 2. The van der Waals surface area contributed by atoms with Gasteiger partial charge in [-0.05, 0) is 25.0 Å². The fourth-order valence-corrected chi connectivity index (χ4v) is 3.97. The molecule has 8 heteroatoms. The quantitative estimate of drug-likeness (QED) is 0.787. The van der Waals surface area contributed by atoms with Gasteiger partial charge in [0.05, 0.1) is 6.20 Å². The van der Waals surface area contributed by atoms with Crippen molar-refractivity contribution in [2.24, 2.45) is 0 Å². The molecule has 0 radical (unpaired) electrons. The highest BCUT2D eigenvalue weighted by molar-refractivity contribution is 5.97. The van der Waals surface area contributed by atoms with Crippen LogP contribution in [0.2, 0.25) is 0 Å². The van der Waals surface area contributed by atoms with Crippen LogP contribution < -0.4 is 10.6 Å². The van der Waals surface area contributed by atoms with E-state index in [0.717, 1.165) is 12.0 Å². The molecule has 3 atom stereocenters. The number of nitrogens with one attached hydrogen (secondary N) is 2. The zero-order valence-electron chi connectivity index (χ0n) is 15.8. The van der Waals surface area contributed by atoms with Crippen LogP contribution in [-0.4, -0.2) is 51.2 Å². The van der Waals surface area contributed by atoms with Gasteiger partial charge in [-0.15, -0.1) is 0 Å². The molecule has 2 aliphatic rings. The maximum Gasteiger partial charge on any atom is 0.245 e. The smallest absolute Gasteiger partial charge is 0.245 e. The molecule has 2 N–H and O–H groups in total. The Bertz CT molecular complexity index is 883. The van der Waals surface area contributed by atoms with Gasteiger partial charge in [0.25, 0.3) is 0 Å². The molecule has 0 bridgehead atoms. The van der Waals surface area contributed by atoms with Crippen molar-refractivity contribution in [1.29, 1.82) is 0 Å². The highest BCUT2D eigenvalue weighted by Crippen LogP contribution is 2.24. The average molecular weight is 385 g/mol. The molecule has 0 saturated carbocycles. The Morgan fingerprint density at radius 1 is 1.32 bits per heavy atom. The number of hydrogen-bond acceptors (Lipinski definition) is 4. The Labute approximate surface area is 162 Å². The van der Waals surface area contributed by atoms with E-state index in [1.807, 2.05) is 6.92 Å². The summed E-state index contributed by atoms with van der Waals surface area (Å²) in [6.07, 6.45) is 5.58. The standard InChI is InChI=1S/C20H24FN5O2/c1-2-5-16-20(28)25-12-14(8-18(25)19(27)24-16)22-9-13-10-23-26(11-13)17-7-4-3-6-15(17)21/h3-4,6-7,10-11,14,16,18,22H,2,5,8-9,12H2,1H3,(H,24,27)/t14-,16-,18-/m0/s1. The second-order valence-corrected chi connectivity index (χ2v) is 7.41. The summed E-state index contributed by atoms with van der Waals surface area (Å²) >= 11 is 0. The Hall–Kier alpha value is -2.74. The van der Waals surface area contributed by atoms with Gasteiger partial charge in [-0.3, -0.25) is 9.59 Å². The third-order valence-electron chi connectivity index (χ3n) is 5.41. The molecule has 2 aromatic rings. The zero-order chi connectivity index (χ0) is 19.7. The van der Waals surface area contributed by atoms with Gasteiger partial charge in [0.2, 0.25) is 11.8 Å². The van der Waals surface area contributed by atoms with Gasteiger partial charge in [0, 0.05) is 30.9 Å². The van der Waals surface area contributed by atoms with Crippen molar-refractivity contribution < 1.29 is 14.0 Å². The number of amides is 2. The highest BCUT2D eigenvalue weighted by atomic mass is 19.1. The molecule has 2 fully saturated rings. The van der Waals surface area contributed by atoms with E-state index in [1.165, 1.54) is 10.7 Å². The van der Waals surface area contributed by atoms with Crippen LogP contribution in [0.5, 0.6) is 0 Å². The first-order chi connectivity index (χ1) is 13.6. The van der Waals surface area contributed by atoms with E-state index in [9.17, 15) is 14.0 Å². The molecular formula is C20H24FN5O2. The van der Waals surface area contributed by atoms with E-state index in [1.54, 1.807) is 35.5 Å². The van der Waals surface area contributed by atoms with Gasteiger partial charge < -0.3 is 15.5 Å². The van der Waals surface area contributed by atoms with E-state index in [4.69, 9.17) is 0 Å². The Balaban J connectivity index is 1.37. The number of para-hydroxylation sites is 1. The molecular weight excluding hydrogens is 361 g/mol. The molecule has 1 aromatic heterocycles. The Morgan fingerprint density at radius 2 is 2.14 bits per heavy atom. The highest BCUT2D eigenvalue weighted by Gasteiger charge is 2.45. The lowest BCUT2D eigenvalue weighted by molar-refractivity contribution is -0.147. The summed E-state index contributed by atoms with van der Waals surface area (Å²) in [5.74, 6) is -0.373. The summed E-state index contributed by atoms with van der Waals surface area (Å²) in [4.78, 5) is 26.6. The average Bonchev–Trinajstić information content (AvgIpc) is 3.32. The lowest BCUT2D eigenvalue weighted by Gasteiger charge is -2.34. The summed E-state index contributed by atoms with van der Waals surface area (Å²) < 4.78 is 15.4. The van der Waals surface area contributed by atoms with Gasteiger partial charge >= 0.3 is 0 Å². The lowest BCUT2D eigenvalue weighted by atomic mass is 10.0. The topological polar surface area (TPSA) is 79.3 Å². The number of carbonyl (C=O) groups is 2. The zero-order valence-corrected chi connectivity index (χ0v) is 15.8. The van der Waals surface area contributed by atoms with E-state index in [2.05, 4.69) is 15.7 Å². The van der Waals surface area contributed by atoms with Crippen molar-refractivity contribution in [2.75, 3.05) is 6.54 Å². The molecule has 1 aromatic carbocycles. The fraction of sp³-hybridized carbons (Fsp3) is 0.450. The molecule has 2 amide bonds. The first-order valence-corrected chi connectivity index (χ1v) is 9.69. The lowest BCUT2D eigenvalue weighted by Crippen LogP contribution is -2.61. The van der Waals surface area contributed by atoms with Crippen molar-refractivity contribution in [3.05, 3.63) is 48.0 Å². The minimum atomic E-state index is -0.397. The van der Waals surface area contributed by atoms with E-state index in [-0.39, 0.29) is 29.7 Å². The predicted octanol–water partition coefficient (Wildman–Crippen LogP) is 1.37. The second kappa shape index (κ2) is 7.71. The Morgan fingerprint density at radius 3 is 2.93 bits per heavy atom. The number of piperazine rings is 1. The normalized spacial score (nSPS) is 24.4. The summed E-state index contributed by atoms with van der Waals surface area (Å²) in [5.41, 5.74) is 1.31. The number of aromatic nitrogens is 2. The number of halogens is 1. The third-order valence-corrected chi connectivity index (χ3v) is 5.41. The molecule has 4 rings (SSSR count). The van der Waals surface area contributed by atoms with Crippen LogP contribution >= 0.6 is 0 Å². The number of nitrogens with zero attached hydrogens (tertiary/aromatic N) is 3. The minimum absolute atomic E-state index is 0.0168. The van der Waals surface area contributed by atoms with Gasteiger partial charge in [0.1, 0.15) is 23.6 Å². The van der Waals surface area contributed by atoms with Crippen LogP contribution in [0, 0.1) is 5.82 Å². The van der Waals surface area contributed by atoms with E-state index >= 15 is 0 Å². The molecule has 28 heavy (non-hydrogen) atoms. The van der Waals surface area contributed by atoms with Gasteiger partial charge in [-0.2, -0.15) is 5.10 Å². The first kappa shape index (κ1) is 18.6. The van der Waals surface area contributed by atoms with Crippen molar-refractivity contribution >= 4 is 11.8 Å². The Kier molecular flexibility index (Phi) is 5.13. The van der Waals surface area contributed by atoms with Crippen LogP contribution in [-0.2, 0) is 16.1 Å². The van der Waals surface area contributed by atoms with Gasteiger partial charge in [-0.25, -0.2) is 9.07 Å². The number of benzene rings is 1. The molecule has 148 valence electrons. The monoisotopic (exact) mass is 385 g/mol. The molecule has 2 saturated heterocycles. The summed E-state index contributed by atoms with van der Waals surface area (Å²) in [6.45, 7) is 3.06. The molecule has 0 unspecified atom stereocenters. The maximum atomic E-state index is 13.9. The van der Waals surface area contributed by atoms with Gasteiger partial charge in [-0.1, -0.05) is 25.5 Å². The molecule has 0 spiro atoms. The molecule has 0 aliphatic carbocycles. The maximum absolute atomic E-state index is 13.9.